The molecule has 1 aromatic heterocycles. The SMILES string of the molecule is Cc1c(Cl)nc(C2CC2)nc1NC1(CO)CC1. The predicted molar refractivity (Wildman–Crippen MR) is 66.4 cm³/mol. The maximum atomic E-state index is 9.33. The number of halogens is 1. The first-order chi connectivity index (χ1) is 8.13. The van der Waals surface area contributed by atoms with Gasteiger partial charge in [-0.3, -0.25) is 0 Å². The minimum absolute atomic E-state index is 0.146. The zero-order valence-electron chi connectivity index (χ0n) is 9.83. The molecular weight excluding hydrogens is 238 g/mol. The van der Waals surface area contributed by atoms with Crippen molar-refractivity contribution in [2.24, 2.45) is 0 Å². The van der Waals surface area contributed by atoms with Gasteiger partial charge in [-0.15, -0.1) is 0 Å². The first-order valence-electron chi connectivity index (χ1n) is 6.07. The second-order valence-electron chi connectivity index (χ2n) is 5.18. The lowest BCUT2D eigenvalue weighted by Crippen LogP contribution is -2.27. The second kappa shape index (κ2) is 3.82. The fraction of sp³-hybridized carbons (Fsp3) is 0.667. The summed E-state index contributed by atoms with van der Waals surface area (Å²) in [6, 6.07) is 0. The highest BCUT2D eigenvalue weighted by Gasteiger charge is 2.43. The van der Waals surface area contributed by atoms with Crippen LogP contribution in [0.2, 0.25) is 5.15 Å². The number of rotatable bonds is 4. The molecule has 0 bridgehead atoms. The van der Waals surface area contributed by atoms with Crippen LogP contribution in [0.3, 0.4) is 0 Å². The molecule has 0 aliphatic heterocycles. The summed E-state index contributed by atoms with van der Waals surface area (Å²) in [7, 11) is 0. The summed E-state index contributed by atoms with van der Waals surface area (Å²) < 4.78 is 0. The lowest BCUT2D eigenvalue weighted by molar-refractivity contribution is 0.266. The number of nitrogens with zero attached hydrogens (tertiary/aromatic N) is 2. The van der Waals surface area contributed by atoms with E-state index in [4.69, 9.17) is 11.6 Å². The smallest absolute Gasteiger partial charge is 0.137 e. The Morgan fingerprint density at radius 1 is 1.41 bits per heavy atom. The molecule has 0 radical (unpaired) electrons. The number of aromatic nitrogens is 2. The van der Waals surface area contributed by atoms with Crippen LogP contribution >= 0.6 is 11.6 Å². The molecule has 0 amide bonds. The van der Waals surface area contributed by atoms with Crippen LogP contribution < -0.4 is 5.32 Å². The third-order valence-electron chi connectivity index (χ3n) is 3.59. The minimum Gasteiger partial charge on any atom is -0.394 e. The van der Waals surface area contributed by atoms with Gasteiger partial charge in [0.05, 0.1) is 12.1 Å². The third kappa shape index (κ3) is 2.11. The van der Waals surface area contributed by atoms with Gasteiger partial charge < -0.3 is 10.4 Å². The molecule has 2 N–H and O–H groups in total. The van der Waals surface area contributed by atoms with Crippen molar-refractivity contribution in [1.82, 2.24) is 9.97 Å². The normalized spacial score (nSPS) is 21.4. The number of nitrogens with one attached hydrogen (secondary N) is 1. The van der Waals surface area contributed by atoms with Crippen LogP contribution in [-0.2, 0) is 0 Å². The van der Waals surface area contributed by atoms with E-state index in [9.17, 15) is 5.11 Å². The van der Waals surface area contributed by atoms with E-state index in [0.29, 0.717) is 11.1 Å². The zero-order chi connectivity index (χ0) is 12.0. The molecule has 4 nitrogen and oxygen atoms in total. The second-order valence-corrected chi connectivity index (χ2v) is 5.54. The van der Waals surface area contributed by atoms with Gasteiger partial charge in [-0.1, -0.05) is 11.6 Å². The Kier molecular flexibility index (Phi) is 2.52. The molecular formula is C12H16ClN3O. The molecule has 2 aliphatic carbocycles. The van der Waals surface area contributed by atoms with E-state index in [0.717, 1.165) is 42.9 Å². The molecule has 0 atom stereocenters. The van der Waals surface area contributed by atoms with Gasteiger partial charge in [0.25, 0.3) is 0 Å². The van der Waals surface area contributed by atoms with Crippen molar-refractivity contribution in [3.63, 3.8) is 0 Å². The van der Waals surface area contributed by atoms with Crippen molar-refractivity contribution in [1.29, 1.82) is 0 Å². The van der Waals surface area contributed by atoms with Gasteiger partial charge in [-0.2, -0.15) is 0 Å². The first kappa shape index (κ1) is 11.2. The average molecular weight is 254 g/mol. The van der Waals surface area contributed by atoms with Crippen LogP contribution in [0, 0.1) is 6.92 Å². The van der Waals surface area contributed by atoms with Crippen molar-refractivity contribution < 1.29 is 5.11 Å². The number of hydrogen-bond acceptors (Lipinski definition) is 4. The molecule has 17 heavy (non-hydrogen) atoms. The molecule has 1 heterocycles. The van der Waals surface area contributed by atoms with Crippen LogP contribution in [0.4, 0.5) is 5.82 Å². The summed E-state index contributed by atoms with van der Waals surface area (Å²) in [5.74, 6) is 2.12. The Morgan fingerprint density at radius 3 is 2.65 bits per heavy atom. The largest absolute Gasteiger partial charge is 0.394 e. The predicted octanol–water partition coefficient (Wildman–Crippen LogP) is 2.25. The number of aliphatic hydroxyl groups excluding tert-OH is 1. The number of hydrogen-bond donors (Lipinski definition) is 2. The molecule has 2 aliphatic rings. The van der Waals surface area contributed by atoms with Gasteiger partial charge in [-0.25, -0.2) is 9.97 Å². The van der Waals surface area contributed by atoms with Gasteiger partial charge in [0.1, 0.15) is 16.8 Å². The van der Waals surface area contributed by atoms with Gasteiger partial charge >= 0.3 is 0 Å². The lowest BCUT2D eigenvalue weighted by Gasteiger charge is -2.17. The maximum absolute atomic E-state index is 9.33. The number of aliphatic hydroxyl groups is 1. The summed E-state index contributed by atoms with van der Waals surface area (Å²) in [5.41, 5.74) is 0.708. The monoisotopic (exact) mass is 253 g/mol. The number of anilines is 1. The van der Waals surface area contributed by atoms with Gasteiger partial charge in [0.15, 0.2) is 0 Å². The Balaban J connectivity index is 1.91. The summed E-state index contributed by atoms with van der Waals surface area (Å²) >= 11 is 6.13. The molecule has 0 unspecified atom stereocenters. The average Bonchev–Trinajstić information content (AvgIpc) is 3.18. The summed E-state index contributed by atoms with van der Waals surface area (Å²) in [6.45, 7) is 2.06. The lowest BCUT2D eigenvalue weighted by atomic mass is 10.2. The van der Waals surface area contributed by atoms with Crippen LogP contribution in [0.25, 0.3) is 0 Å². The summed E-state index contributed by atoms with van der Waals surface area (Å²) in [5, 5.41) is 13.2. The van der Waals surface area contributed by atoms with Gasteiger partial charge in [0.2, 0.25) is 0 Å². The van der Waals surface area contributed by atoms with E-state index < -0.39 is 0 Å². The van der Waals surface area contributed by atoms with E-state index in [1.165, 1.54) is 0 Å². The van der Waals surface area contributed by atoms with Crippen LogP contribution in [0.1, 0.15) is 43.0 Å². The Hall–Kier alpha value is -0.870. The first-order valence-corrected chi connectivity index (χ1v) is 6.44. The third-order valence-corrected chi connectivity index (χ3v) is 3.95. The Morgan fingerprint density at radius 2 is 2.12 bits per heavy atom. The molecule has 2 saturated carbocycles. The topological polar surface area (TPSA) is 58.0 Å². The summed E-state index contributed by atoms with van der Waals surface area (Å²) in [4.78, 5) is 8.87. The van der Waals surface area contributed by atoms with E-state index in [1.807, 2.05) is 6.92 Å². The Bertz CT molecular complexity index is 455. The van der Waals surface area contributed by atoms with Crippen LogP contribution in [0.5, 0.6) is 0 Å². The van der Waals surface area contributed by atoms with Crippen molar-refractivity contribution in [2.45, 2.75) is 44.1 Å². The molecule has 1 aromatic rings. The van der Waals surface area contributed by atoms with Crippen LogP contribution in [-0.4, -0.2) is 27.2 Å². The van der Waals surface area contributed by atoms with Gasteiger partial charge in [-0.05, 0) is 32.6 Å². The highest BCUT2D eigenvalue weighted by atomic mass is 35.5. The highest BCUT2D eigenvalue weighted by molar-refractivity contribution is 6.30. The fourth-order valence-corrected chi connectivity index (χ4v) is 2.05. The molecule has 3 rings (SSSR count). The molecule has 0 aromatic carbocycles. The van der Waals surface area contributed by atoms with E-state index in [1.54, 1.807) is 0 Å². The van der Waals surface area contributed by atoms with Gasteiger partial charge in [0, 0.05) is 11.5 Å². The standard InChI is InChI=1S/C12H16ClN3O/c1-7-9(13)14-11(8-2-3-8)15-10(7)16-12(6-17)4-5-12/h8,17H,2-6H2,1H3,(H,14,15,16). The zero-order valence-corrected chi connectivity index (χ0v) is 10.6. The maximum Gasteiger partial charge on any atom is 0.137 e. The molecule has 5 heteroatoms. The quantitative estimate of drug-likeness (QED) is 0.808. The van der Waals surface area contributed by atoms with Crippen molar-refractivity contribution in [3.05, 3.63) is 16.5 Å². The van der Waals surface area contributed by atoms with Crippen molar-refractivity contribution in [2.75, 3.05) is 11.9 Å². The fourth-order valence-electron chi connectivity index (χ4n) is 1.88. The summed E-state index contributed by atoms with van der Waals surface area (Å²) in [6.07, 6.45) is 4.29. The highest BCUT2D eigenvalue weighted by Crippen LogP contribution is 2.42. The van der Waals surface area contributed by atoms with Crippen LogP contribution in [0.15, 0.2) is 0 Å². The van der Waals surface area contributed by atoms with E-state index in [2.05, 4.69) is 15.3 Å². The minimum atomic E-state index is -0.163. The van der Waals surface area contributed by atoms with Crippen molar-refractivity contribution in [3.8, 4) is 0 Å². The Labute approximate surface area is 105 Å². The van der Waals surface area contributed by atoms with E-state index >= 15 is 0 Å². The molecule has 0 spiro atoms. The van der Waals surface area contributed by atoms with Crippen molar-refractivity contribution >= 4 is 17.4 Å². The molecule has 2 fully saturated rings. The van der Waals surface area contributed by atoms with E-state index in [-0.39, 0.29) is 12.1 Å². The molecule has 92 valence electrons. The molecule has 0 saturated heterocycles.